The molecule has 2 aromatic carbocycles. The molecule has 0 bridgehead atoms. The summed E-state index contributed by atoms with van der Waals surface area (Å²) in [7, 11) is 0. The van der Waals surface area contributed by atoms with Gasteiger partial charge in [0.15, 0.2) is 5.78 Å². The first-order valence-corrected chi connectivity index (χ1v) is 11.9. The quantitative estimate of drug-likeness (QED) is 0.262. The van der Waals surface area contributed by atoms with Gasteiger partial charge in [-0.15, -0.1) is 0 Å². The van der Waals surface area contributed by atoms with Gasteiger partial charge in [-0.05, 0) is 54.0 Å². The molecule has 0 saturated carbocycles. The maximum atomic E-state index is 12.1. The fourth-order valence-corrected chi connectivity index (χ4v) is 5.12. The number of carbonyl (C=O) groups is 1. The fourth-order valence-electron chi connectivity index (χ4n) is 5.12. The monoisotopic (exact) mass is 390 g/mol. The predicted molar refractivity (Wildman–Crippen MR) is 125 cm³/mol. The van der Waals surface area contributed by atoms with E-state index in [1.807, 2.05) is 6.07 Å². The van der Waals surface area contributed by atoms with Crippen molar-refractivity contribution < 1.29 is 4.79 Å². The smallest absolute Gasteiger partial charge is 0.159 e. The molecule has 0 aliphatic heterocycles. The molecule has 1 aliphatic rings. The van der Waals surface area contributed by atoms with Crippen molar-refractivity contribution in [2.24, 2.45) is 5.92 Å². The highest BCUT2D eigenvalue weighted by Gasteiger charge is 2.34. The molecule has 2 aromatic rings. The molecule has 1 nitrogen and oxygen atoms in total. The average Bonchev–Trinajstić information content (AvgIpc) is 3.06. The number of fused-ring (bicyclic) bond motifs is 3. The summed E-state index contributed by atoms with van der Waals surface area (Å²) in [6, 6.07) is 15.4. The molecule has 0 spiro atoms. The van der Waals surface area contributed by atoms with Gasteiger partial charge in [-0.25, -0.2) is 0 Å². The lowest BCUT2D eigenvalue weighted by Gasteiger charge is -2.26. The summed E-state index contributed by atoms with van der Waals surface area (Å²) in [5.41, 5.74) is 6.48. The number of hydrogen-bond acceptors (Lipinski definition) is 1. The molecule has 0 fully saturated rings. The second kappa shape index (κ2) is 10.8. The van der Waals surface area contributed by atoms with E-state index in [1.165, 1.54) is 86.5 Å². The Morgan fingerprint density at radius 2 is 1.41 bits per heavy atom. The molecule has 0 N–H and O–H groups in total. The molecule has 156 valence electrons. The van der Waals surface area contributed by atoms with Crippen LogP contribution in [0.4, 0.5) is 0 Å². The van der Waals surface area contributed by atoms with Crippen molar-refractivity contribution in [3.8, 4) is 11.1 Å². The van der Waals surface area contributed by atoms with Crippen molar-refractivity contribution in [2.75, 3.05) is 0 Å². The van der Waals surface area contributed by atoms with Crippen LogP contribution in [-0.4, -0.2) is 5.78 Å². The maximum absolute atomic E-state index is 12.1. The first-order valence-electron chi connectivity index (χ1n) is 11.9. The van der Waals surface area contributed by atoms with Crippen LogP contribution in [0.15, 0.2) is 42.5 Å². The van der Waals surface area contributed by atoms with Crippen LogP contribution in [0.3, 0.4) is 0 Å². The summed E-state index contributed by atoms with van der Waals surface area (Å²) < 4.78 is 0. The van der Waals surface area contributed by atoms with E-state index in [9.17, 15) is 4.79 Å². The van der Waals surface area contributed by atoms with Crippen LogP contribution in [0.1, 0.15) is 112 Å². The number of hydrogen-bond donors (Lipinski definition) is 0. The van der Waals surface area contributed by atoms with E-state index in [0.29, 0.717) is 11.8 Å². The van der Waals surface area contributed by atoms with E-state index in [-0.39, 0.29) is 5.78 Å². The number of rotatable bonds is 12. The number of unbranched alkanes of at least 4 members (excludes halogenated alkanes) is 6. The summed E-state index contributed by atoms with van der Waals surface area (Å²) in [5, 5.41) is 0. The highest BCUT2D eigenvalue weighted by atomic mass is 16.1. The van der Waals surface area contributed by atoms with Crippen molar-refractivity contribution in [2.45, 2.75) is 90.9 Å². The highest BCUT2D eigenvalue weighted by molar-refractivity contribution is 5.95. The number of Topliss-reactive ketones (excluding diaryl/α,β-unsaturated/α-hetero) is 1. The van der Waals surface area contributed by atoms with Crippen LogP contribution >= 0.6 is 0 Å². The average molecular weight is 391 g/mol. The molecule has 0 amide bonds. The van der Waals surface area contributed by atoms with Gasteiger partial charge in [-0.2, -0.15) is 0 Å². The van der Waals surface area contributed by atoms with Crippen LogP contribution < -0.4 is 0 Å². The summed E-state index contributed by atoms with van der Waals surface area (Å²) in [5.74, 6) is 1.29. The van der Waals surface area contributed by atoms with E-state index in [0.717, 1.165) is 5.56 Å². The Hall–Kier alpha value is -1.89. The first kappa shape index (κ1) is 21.8. The fraction of sp³-hybridized carbons (Fsp3) is 0.536. The predicted octanol–water partition coefficient (Wildman–Crippen LogP) is 8.56. The minimum atomic E-state index is 0.171. The van der Waals surface area contributed by atoms with Crippen molar-refractivity contribution in [1.29, 1.82) is 0 Å². The lowest BCUT2D eigenvalue weighted by atomic mass is 9.78. The van der Waals surface area contributed by atoms with Crippen LogP contribution in [-0.2, 0) is 0 Å². The van der Waals surface area contributed by atoms with Crippen LogP contribution in [0.2, 0.25) is 0 Å². The summed E-state index contributed by atoms with van der Waals surface area (Å²) >= 11 is 0. The topological polar surface area (TPSA) is 17.1 Å². The van der Waals surface area contributed by atoms with Gasteiger partial charge in [0.1, 0.15) is 0 Å². The molecular weight excluding hydrogens is 352 g/mol. The maximum Gasteiger partial charge on any atom is 0.159 e. The van der Waals surface area contributed by atoms with Crippen molar-refractivity contribution in [1.82, 2.24) is 0 Å². The number of benzene rings is 2. The van der Waals surface area contributed by atoms with E-state index in [1.54, 1.807) is 6.92 Å². The lowest BCUT2D eigenvalue weighted by Crippen LogP contribution is -2.13. The van der Waals surface area contributed by atoms with Gasteiger partial charge in [0.05, 0.1) is 0 Å². The normalized spacial score (nSPS) is 14.8. The molecule has 1 heteroatoms. The largest absolute Gasteiger partial charge is 0.295 e. The molecule has 3 rings (SSSR count). The van der Waals surface area contributed by atoms with Gasteiger partial charge in [-0.3, -0.25) is 4.79 Å². The molecule has 0 aromatic heterocycles. The SMILES string of the molecule is CCCCCCC(CCCCCC)C1c2ccccc2-c2ccc(C(C)=O)cc21. The Bertz CT molecular complexity index is 792. The second-order valence-corrected chi connectivity index (χ2v) is 8.88. The van der Waals surface area contributed by atoms with E-state index >= 15 is 0 Å². The Morgan fingerprint density at radius 1 is 0.793 bits per heavy atom. The second-order valence-electron chi connectivity index (χ2n) is 8.88. The zero-order valence-corrected chi connectivity index (χ0v) is 18.7. The molecule has 0 radical (unpaired) electrons. The molecule has 0 heterocycles. The van der Waals surface area contributed by atoms with Crippen LogP contribution in [0, 0.1) is 5.92 Å². The van der Waals surface area contributed by atoms with Gasteiger partial charge in [-0.1, -0.05) is 102 Å². The zero-order chi connectivity index (χ0) is 20.6. The van der Waals surface area contributed by atoms with Gasteiger partial charge >= 0.3 is 0 Å². The third-order valence-corrected chi connectivity index (χ3v) is 6.71. The molecule has 1 unspecified atom stereocenters. The van der Waals surface area contributed by atoms with Gasteiger partial charge in [0.2, 0.25) is 0 Å². The Labute approximate surface area is 177 Å². The molecular formula is C28H38O. The first-order chi connectivity index (χ1) is 14.2. The molecule has 1 aliphatic carbocycles. The molecule has 0 saturated heterocycles. The summed E-state index contributed by atoms with van der Waals surface area (Å²) in [4.78, 5) is 12.1. The summed E-state index contributed by atoms with van der Waals surface area (Å²) in [6.45, 7) is 6.26. The standard InChI is InChI=1S/C28H38O/c1-4-6-8-10-14-22(15-11-9-7-5-2)28-26-17-13-12-16-24(26)25-19-18-23(21(3)29)20-27(25)28/h12-13,16-20,22,28H,4-11,14-15H2,1-3H3. The van der Waals surface area contributed by atoms with Crippen LogP contribution in [0.5, 0.6) is 0 Å². The Balaban J connectivity index is 1.92. The van der Waals surface area contributed by atoms with Crippen molar-refractivity contribution in [3.05, 3.63) is 59.2 Å². The van der Waals surface area contributed by atoms with Crippen molar-refractivity contribution in [3.63, 3.8) is 0 Å². The molecule has 29 heavy (non-hydrogen) atoms. The van der Waals surface area contributed by atoms with E-state index in [4.69, 9.17) is 0 Å². The Kier molecular flexibility index (Phi) is 8.09. The Morgan fingerprint density at radius 3 is 2.03 bits per heavy atom. The third kappa shape index (κ3) is 5.18. The van der Waals surface area contributed by atoms with E-state index in [2.05, 4.69) is 50.2 Å². The van der Waals surface area contributed by atoms with Crippen molar-refractivity contribution >= 4 is 5.78 Å². The lowest BCUT2D eigenvalue weighted by molar-refractivity contribution is 0.101. The van der Waals surface area contributed by atoms with Gasteiger partial charge in [0.25, 0.3) is 0 Å². The van der Waals surface area contributed by atoms with Crippen LogP contribution in [0.25, 0.3) is 11.1 Å². The minimum absolute atomic E-state index is 0.171. The minimum Gasteiger partial charge on any atom is -0.295 e. The number of carbonyl (C=O) groups excluding carboxylic acids is 1. The number of ketones is 1. The summed E-state index contributed by atoms with van der Waals surface area (Å²) in [6.07, 6.45) is 13.2. The zero-order valence-electron chi connectivity index (χ0n) is 18.7. The molecule has 1 atom stereocenters. The highest BCUT2D eigenvalue weighted by Crippen LogP contribution is 2.50. The van der Waals surface area contributed by atoms with Gasteiger partial charge < -0.3 is 0 Å². The van der Waals surface area contributed by atoms with Gasteiger partial charge in [0, 0.05) is 11.5 Å². The third-order valence-electron chi connectivity index (χ3n) is 6.71. The van der Waals surface area contributed by atoms with E-state index < -0.39 is 0 Å².